The van der Waals surface area contributed by atoms with E-state index in [2.05, 4.69) is 43.9 Å². The van der Waals surface area contributed by atoms with Gasteiger partial charge in [0.05, 0.1) is 11.7 Å². The largest absolute Gasteiger partial charge is 0.478 e. The second-order valence-corrected chi connectivity index (χ2v) is 16.5. The summed E-state index contributed by atoms with van der Waals surface area (Å²) in [5, 5.41) is 13.7. The first-order valence-corrected chi connectivity index (χ1v) is 15.0. The summed E-state index contributed by atoms with van der Waals surface area (Å²) in [6, 6.07) is 4.79. The van der Waals surface area contributed by atoms with Gasteiger partial charge in [0, 0.05) is 12.3 Å². The minimum atomic E-state index is -1.95. The Morgan fingerprint density at radius 2 is 1.88 bits per heavy atom. The molecule has 0 amide bonds. The van der Waals surface area contributed by atoms with E-state index in [9.17, 15) is 4.79 Å². The number of carbonyl (C=O) groups is 1. The standard InChI is InChI=1S/C24H32ClN3O4Si/c1-22(2,3)33(4,5)32-16(19-23(9-10-23)24(19)11-12-24)14-31-18-8-13-28(27-18)17-7-6-15(21(29)30)20(25)26-17/h6-8,13,16,19H,9-12,14H2,1-5H3,(H,29,30)/t16-/m1/s1. The van der Waals surface area contributed by atoms with Crippen molar-refractivity contribution in [2.24, 2.45) is 16.7 Å². The average molecular weight is 490 g/mol. The van der Waals surface area contributed by atoms with Crippen LogP contribution in [-0.2, 0) is 4.43 Å². The highest BCUT2D eigenvalue weighted by atomic mass is 35.5. The Balaban J connectivity index is 1.31. The van der Waals surface area contributed by atoms with Gasteiger partial charge < -0.3 is 14.3 Å². The molecule has 0 unspecified atom stereocenters. The summed E-state index contributed by atoms with van der Waals surface area (Å²) in [5.41, 5.74) is 1.01. The number of nitrogens with zero attached hydrogens (tertiary/aromatic N) is 3. The van der Waals surface area contributed by atoms with Gasteiger partial charge in [0.2, 0.25) is 5.88 Å². The molecule has 178 valence electrons. The van der Waals surface area contributed by atoms with Crippen molar-refractivity contribution in [2.75, 3.05) is 6.61 Å². The molecule has 2 heterocycles. The zero-order valence-corrected chi connectivity index (χ0v) is 21.6. The normalized spacial score (nSPS) is 21.3. The number of halogens is 1. The molecule has 2 spiro atoms. The molecule has 9 heteroatoms. The van der Waals surface area contributed by atoms with Gasteiger partial charge in [-0.15, -0.1) is 5.10 Å². The molecule has 3 fully saturated rings. The van der Waals surface area contributed by atoms with Crippen LogP contribution in [0.4, 0.5) is 0 Å². The Kier molecular flexibility index (Phi) is 5.06. The second-order valence-electron chi connectivity index (χ2n) is 11.4. The third-order valence-electron chi connectivity index (χ3n) is 8.56. The number of rotatable bonds is 8. The predicted molar refractivity (Wildman–Crippen MR) is 128 cm³/mol. The maximum Gasteiger partial charge on any atom is 0.338 e. The van der Waals surface area contributed by atoms with Crippen molar-refractivity contribution >= 4 is 25.9 Å². The van der Waals surface area contributed by atoms with Crippen LogP contribution in [0.1, 0.15) is 56.8 Å². The van der Waals surface area contributed by atoms with Gasteiger partial charge in [-0.25, -0.2) is 14.5 Å². The molecule has 0 bridgehead atoms. The summed E-state index contributed by atoms with van der Waals surface area (Å²) in [6.45, 7) is 11.9. The fourth-order valence-corrected chi connectivity index (χ4v) is 7.07. The predicted octanol–water partition coefficient (Wildman–Crippen LogP) is 5.58. The fourth-order valence-electron chi connectivity index (χ4n) is 5.52. The lowest BCUT2D eigenvalue weighted by Crippen LogP contribution is -2.46. The smallest absolute Gasteiger partial charge is 0.338 e. The SMILES string of the molecule is CC(C)(C)[Si](C)(C)O[C@H](COc1ccn(-c2ccc(C(=O)O)c(Cl)n2)n1)C1C2(CC2)C12CC2. The molecular formula is C24H32ClN3O4Si. The Labute approximate surface area is 200 Å². The van der Waals surface area contributed by atoms with Crippen molar-refractivity contribution in [1.29, 1.82) is 0 Å². The van der Waals surface area contributed by atoms with E-state index in [0.29, 0.717) is 35.1 Å². The minimum Gasteiger partial charge on any atom is -0.478 e. The third-order valence-corrected chi connectivity index (χ3v) is 13.4. The van der Waals surface area contributed by atoms with Crippen LogP contribution in [0.5, 0.6) is 5.88 Å². The molecule has 2 aromatic rings. The molecule has 3 aliphatic carbocycles. The summed E-state index contributed by atoms with van der Waals surface area (Å²) in [5.74, 6) is 0.419. The number of pyridine rings is 1. The molecule has 0 saturated heterocycles. The quantitative estimate of drug-likeness (QED) is 0.385. The minimum absolute atomic E-state index is 0.0397. The van der Waals surface area contributed by atoms with E-state index in [-0.39, 0.29) is 21.9 Å². The van der Waals surface area contributed by atoms with Crippen LogP contribution in [0, 0.1) is 16.7 Å². The topological polar surface area (TPSA) is 86.5 Å². The lowest BCUT2D eigenvalue weighted by atomic mass is 10.2. The monoisotopic (exact) mass is 489 g/mol. The van der Waals surface area contributed by atoms with Gasteiger partial charge in [0.1, 0.15) is 11.8 Å². The highest BCUT2D eigenvalue weighted by Crippen LogP contribution is 2.93. The van der Waals surface area contributed by atoms with Gasteiger partial charge in [-0.05, 0) is 72.7 Å². The lowest BCUT2D eigenvalue weighted by Gasteiger charge is -2.39. The molecule has 0 aromatic carbocycles. The van der Waals surface area contributed by atoms with E-state index in [1.54, 1.807) is 23.0 Å². The summed E-state index contributed by atoms with van der Waals surface area (Å²) in [6.07, 6.45) is 7.17. The Morgan fingerprint density at radius 1 is 1.24 bits per heavy atom. The summed E-state index contributed by atoms with van der Waals surface area (Å²) in [7, 11) is -1.95. The number of hydrogen-bond donors (Lipinski definition) is 1. The summed E-state index contributed by atoms with van der Waals surface area (Å²) >= 11 is 6.01. The second kappa shape index (κ2) is 7.30. The first-order valence-electron chi connectivity index (χ1n) is 11.7. The molecule has 1 N–H and O–H groups in total. The fraction of sp³-hybridized carbons (Fsp3) is 0.625. The van der Waals surface area contributed by atoms with Crippen molar-refractivity contribution in [3.63, 3.8) is 0 Å². The number of ether oxygens (including phenoxy) is 1. The van der Waals surface area contributed by atoms with E-state index in [4.69, 9.17) is 25.9 Å². The van der Waals surface area contributed by atoms with Gasteiger partial charge in [0.15, 0.2) is 14.1 Å². The van der Waals surface area contributed by atoms with Crippen molar-refractivity contribution in [3.8, 4) is 11.7 Å². The highest BCUT2D eigenvalue weighted by Gasteiger charge is 2.88. The van der Waals surface area contributed by atoms with Gasteiger partial charge in [0.25, 0.3) is 0 Å². The number of fused-ring (bicyclic) bond motifs is 1. The van der Waals surface area contributed by atoms with Crippen LogP contribution in [0.2, 0.25) is 23.3 Å². The number of aromatic nitrogens is 3. The van der Waals surface area contributed by atoms with E-state index >= 15 is 0 Å². The zero-order valence-electron chi connectivity index (χ0n) is 19.9. The molecule has 7 nitrogen and oxygen atoms in total. The maximum absolute atomic E-state index is 11.2. The summed E-state index contributed by atoms with van der Waals surface area (Å²) in [4.78, 5) is 15.3. The van der Waals surface area contributed by atoms with Crippen LogP contribution in [0.25, 0.3) is 5.82 Å². The van der Waals surface area contributed by atoms with E-state index < -0.39 is 14.3 Å². The first-order chi connectivity index (χ1) is 15.4. The summed E-state index contributed by atoms with van der Waals surface area (Å²) < 4.78 is 14.7. The molecule has 33 heavy (non-hydrogen) atoms. The van der Waals surface area contributed by atoms with Gasteiger partial charge in [-0.2, -0.15) is 0 Å². The molecular weight excluding hydrogens is 458 g/mol. The Morgan fingerprint density at radius 3 is 2.39 bits per heavy atom. The van der Waals surface area contributed by atoms with Crippen LogP contribution in [0.3, 0.4) is 0 Å². The highest BCUT2D eigenvalue weighted by molar-refractivity contribution is 6.74. The van der Waals surface area contributed by atoms with Gasteiger partial charge in [-0.1, -0.05) is 32.4 Å². The maximum atomic E-state index is 11.2. The molecule has 3 aliphatic rings. The van der Waals surface area contributed by atoms with E-state index in [1.165, 1.54) is 31.7 Å². The van der Waals surface area contributed by atoms with Gasteiger partial charge >= 0.3 is 5.97 Å². The molecule has 0 radical (unpaired) electrons. The van der Waals surface area contributed by atoms with Crippen LogP contribution >= 0.6 is 11.6 Å². The van der Waals surface area contributed by atoms with Crippen molar-refractivity contribution in [3.05, 3.63) is 35.1 Å². The first kappa shape index (κ1) is 22.9. The molecule has 1 atom stereocenters. The molecule has 5 rings (SSSR count). The third kappa shape index (κ3) is 3.70. The molecule has 3 saturated carbocycles. The number of aromatic carboxylic acids is 1. The van der Waals surface area contributed by atoms with E-state index in [1.807, 2.05) is 0 Å². The van der Waals surface area contributed by atoms with E-state index in [0.717, 1.165) is 0 Å². The molecule has 2 aromatic heterocycles. The average Bonchev–Trinajstić information content (AvgIpc) is 3.67. The lowest BCUT2D eigenvalue weighted by molar-refractivity contribution is 0.0696. The molecule has 0 aliphatic heterocycles. The van der Waals surface area contributed by atoms with Crippen molar-refractivity contribution in [2.45, 2.75) is 70.7 Å². The van der Waals surface area contributed by atoms with Gasteiger partial charge in [-0.3, -0.25) is 0 Å². The van der Waals surface area contributed by atoms with Crippen molar-refractivity contribution < 1.29 is 19.1 Å². The van der Waals surface area contributed by atoms with Crippen LogP contribution < -0.4 is 4.74 Å². The number of carboxylic acid groups (broad SMARTS) is 1. The Hall–Kier alpha value is -1.90. The number of carboxylic acids is 1. The zero-order chi connectivity index (χ0) is 23.8. The van der Waals surface area contributed by atoms with Crippen molar-refractivity contribution in [1.82, 2.24) is 14.8 Å². The Bertz CT molecular complexity index is 1080. The number of hydrogen-bond acceptors (Lipinski definition) is 5. The van der Waals surface area contributed by atoms with Crippen LogP contribution in [-0.4, -0.2) is 46.9 Å². The van der Waals surface area contributed by atoms with Crippen LogP contribution in [0.15, 0.2) is 24.4 Å².